The molecular formula is C12H13N3O4. The monoisotopic (exact) mass is 263 g/mol. The Hall–Kier alpha value is -2.57. The van der Waals surface area contributed by atoms with E-state index >= 15 is 0 Å². The zero-order valence-electron chi connectivity index (χ0n) is 10.6. The Morgan fingerprint density at radius 1 is 1.32 bits per heavy atom. The van der Waals surface area contributed by atoms with E-state index in [2.05, 4.69) is 5.10 Å². The van der Waals surface area contributed by atoms with Gasteiger partial charge in [-0.2, -0.15) is 4.68 Å². The maximum atomic E-state index is 10.6. The Labute approximate surface area is 109 Å². The van der Waals surface area contributed by atoms with Crippen LogP contribution in [0.2, 0.25) is 0 Å². The smallest absolute Gasteiger partial charge is 0.390 e. The Morgan fingerprint density at radius 2 is 1.95 bits per heavy atom. The van der Waals surface area contributed by atoms with Crippen LogP contribution in [0.1, 0.15) is 5.69 Å². The standard InChI is InChI=1S/C12H13N3O4/c1-14-9(7-12(13-14)15(16)17)8-19-11-5-3-10(18-2)4-6-11/h3-7H,8H2,1-2H3. The molecule has 19 heavy (non-hydrogen) atoms. The van der Waals surface area contributed by atoms with Gasteiger partial charge in [-0.05, 0) is 29.2 Å². The average molecular weight is 263 g/mol. The lowest BCUT2D eigenvalue weighted by molar-refractivity contribution is -0.389. The minimum absolute atomic E-state index is 0.184. The first-order chi connectivity index (χ1) is 9.10. The van der Waals surface area contributed by atoms with Crippen molar-refractivity contribution in [1.29, 1.82) is 0 Å². The SMILES string of the molecule is COc1ccc(OCc2cc([N+](=O)[O-])nn2C)cc1. The molecule has 100 valence electrons. The molecule has 0 aliphatic carbocycles. The first-order valence-corrected chi connectivity index (χ1v) is 5.54. The van der Waals surface area contributed by atoms with Crippen LogP contribution in [0.3, 0.4) is 0 Å². The van der Waals surface area contributed by atoms with Crippen molar-refractivity contribution in [2.45, 2.75) is 6.61 Å². The van der Waals surface area contributed by atoms with Crippen LogP contribution < -0.4 is 9.47 Å². The maximum absolute atomic E-state index is 10.6. The highest BCUT2D eigenvalue weighted by atomic mass is 16.6. The van der Waals surface area contributed by atoms with Gasteiger partial charge in [0.1, 0.15) is 23.8 Å². The van der Waals surface area contributed by atoms with E-state index < -0.39 is 4.92 Å². The molecule has 0 unspecified atom stereocenters. The first kappa shape index (κ1) is 12.9. The number of nitro groups is 1. The van der Waals surface area contributed by atoms with Gasteiger partial charge in [-0.25, -0.2) is 0 Å². The van der Waals surface area contributed by atoms with Crippen molar-refractivity contribution in [3.63, 3.8) is 0 Å². The molecule has 1 aromatic carbocycles. The summed E-state index contributed by atoms with van der Waals surface area (Å²) >= 11 is 0. The molecule has 2 aromatic rings. The number of ether oxygens (including phenoxy) is 2. The van der Waals surface area contributed by atoms with Crippen LogP contribution in [0, 0.1) is 10.1 Å². The van der Waals surface area contributed by atoms with Crippen molar-refractivity contribution in [2.24, 2.45) is 7.05 Å². The van der Waals surface area contributed by atoms with E-state index in [9.17, 15) is 10.1 Å². The first-order valence-electron chi connectivity index (χ1n) is 5.54. The van der Waals surface area contributed by atoms with Gasteiger partial charge < -0.3 is 19.6 Å². The van der Waals surface area contributed by atoms with Crippen molar-refractivity contribution >= 4 is 5.82 Å². The minimum atomic E-state index is -0.531. The molecule has 7 heteroatoms. The quantitative estimate of drug-likeness (QED) is 0.608. The lowest BCUT2D eigenvalue weighted by Crippen LogP contribution is -2.03. The lowest BCUT2D eigenvalue weighted by Gasteiger charge is -2.05. The predicted molar refractivity (Wildman–Crippen MR) is 67.2 cm³/mol. The van der Waals surface area contributed by atoms with Crippen LogP contribution in [0.4, 0.5) is 5.82 Å². The van der Waals surface area contributed by atoms with Crippen LogP contribution in [0.5, 0.6) is 11.5 Å². The highest BCUT2D eigenvalue weighted by molar-refractivity contribution is 5.31. The molecule has 0 aliphatic rings. The van der Waals surface area contributed by atoms with Gasteiger partial charge in [0, 0.05) is 0 Å². The van der Waals surface area contributed by atoms with E-state index in [1.54, 1.807) is 38.4 Å². The van der Waals surface area contributed by atoms with Gasteiger partial charge in [-0.1, -0.05) is 0 Å². The summed E-state index contributed by atoms with van der Waals surface area (Å²) in [5.74, 6) is 1.21. The van der Waals surface area contributed by atoms with E-state index in [1.165, 1.54) is 10.7 Å². The van der Waals surface area contributed by atoms with Gasteiger partial charge in [-0.3, -0.25) is 0 Å². The summed E-state index contributed by atoms with van der Waals surface area (Å²) in [5, 5.41) is 14.4. The number of nitrogens with zero attached hydrogens (tertiary/aromatic N) is 3. The summed E-state index contributed by atoms with van der Waals surface area (Å²) in [6, 6.07) is 8.48. The summed E-state index contributed by atoms with van der Waals surface area (Å²) in [6.45, 7) is 0.212. The van der Waals surface area contributed by atoms with Crippen molar-refractivity contribution in [3.8, 4) is 11.5 Å². The summed E-state index contributed by atoms with van der Waals surface area (Å²) in [6.07, 6.45) is 0. The highest BCUT2D eigenvalue weighted by Gasteiger charge is 2.15. The largest absolute Gasteiger partial charge is 0.497 e. The predicted octanol–water partition coefficient (Wildman–Crippen LogP) is 1.92. The fourth-order valence-corrected chi connectivity index (χ4v) is 1.54. The van der Waals surface area contributed by atoms with E-state index in [0.29, 0.717) is 11.4 Å². The number of methoxy groups -OCH3 is 1. The zero-order chi connectivity index (χ0) is 13.8. The number of hydrogen-bond donors (Lipinski definition) is 0. The molecule has 0 radical (unpaired) electrons. The maximum Gasteiger partial charge on any atom is 0.390 e. The van der Waals surface area contributed by atoms with Crippen molar-refractivity contribution in [1.82, 2.24) is 9.78 Å². The topological polar surface area (TPSA) is 79.4 Å². The number of benzene rings is 1. The molecule has 0 spiro atoms. The molecule has 0 bridgehead atoms. The molecule has 0 aliphatic heterocycles. The Bertz CT molecular complexity index is 577. The van der Waals surface area contributed by atoms with E-state index in [-0.39, 0.29) is 12.4 Å². The second kappa shape index (κ2) is 5.38. The number of rotatable bonds is 5. The normalized spacial score (nSPS) is 10.2. The lowest BCUT2D eigenvalue weighted by atomic mass is 10.3. The van der Waals surface area contributed by atoms with Crippen LogP contribution in [-0.4, -0.2) is 21.8 Å². The molecule has 0 saturated carbocycles. The second-order valence-electron chi connectivity index (χ2n) is 3.84. The summed E-state index contributed by atoms with van der Waals surface area (Å²) in [5.41, 5.74) is 0.627. The van der Waals surface area contributed by atoms with E-state index in [4.69, 9.17) is 9.47 Å². The van der Waals surface area contributed by atoms with E-state index in [0.717, 1.165) is 5.75 Å². The summed E-state index contributed by atoms with van der Waals surface area (Å²) in [7, 11) is 3.23. The Kier molecular flexibility index (Phi) is 3.65. The third-order valence-electron chi connectivity index (χ3n) is 2.60. The average Bonchev–Trinajstić information content (AvgIpc) is 2.79. The highest BCUT2D eigenvalue weighted by Crippen LogP contribution is 2.19. The van der Waals surface area contributed by atoms with Crippen LogP contribution >= 0.6 is 0 Å². The van der Waals surface area contributed by atoms with Crippen molar-refractivity contribution in [2.75, 3.05) is 7.11 Å². The van der Waals surface area contributed by atoms with Gasteiger partial charge in [0.25, 0.3) is 0 Å². The molecule has 1 aromatic heterocycles. The third-order valence-corrected chi connectivity index (χ3v) is 2.60. The van der Waals surface area contributed by atoms with Crippen LogP contribution in [-0.2, 0) is 13.7 Å². The second-order valence-corrected chi connectivity index (χ2v) is 3.84. The number of aromatic nitrogens is 2. The molecule has 0 amide bonds. The summed E-state index contributed by atoms with van der Waals surface area (Å²) < 4.78 is 12.0. The molecular weight excluding hydrogens is 250 g/mol. The molecule has 2 rings (SSSR count). The molecule has 0 fully saturated rings. The Balaban J connectivity index is 2.03. The van der Waals surface area contributed by atoms with Crippen LogP contribution in [0.25, 0.3) is 0 Å². The van der Waals surface area contributed by atoms with Crippen LogP contribution in [0.15, 0.2) is 30.3 Å². The van der Waals surface area contributed by atoms with Gasteiger partial charge in [0.15, 0.2) is 0 Å². The Morgan fingerprint density at radius 3 is 2.47 bits per heavy atom. The van der Waals surface area contributed by atoms with Crippen molar-refractivity contribution < 1.29 is 14.4 Å². The van der Waals surface area contributed by atoms with E-state index in [1.807, 2.05) is 0 Å². The van der Waals surface area contributed by atoms with Gasteiger partial charge >= 0.3 is 5.82 Å². The molecule has 0 atom stereocenters. The molecule has 0 N–H and O–H groups in total. The number of hydrogen-bond acceptors (Lipinski definition) is 5. The third kappa shape index (κ3) is 3.01. The fourth-order valence-electron chi connectivity index (χ4n) is 1.54. The minimum Gasteiger partial charge on any atom is -0.497 e. The van der Waals surface area contributed by atoms with Gasteiger partial charge in [0.05, 0.1) is 25.3 Å². The van der Waals surface area contributed by atoms with Crippen molar-refractivity contribution in [3.05, 3.63) is 46.1 Å². The summed E-state index contributed by atoms with van der Waals surface area (Å²) in [4.78, 5) is 10.1. The molecule has 1 heterocycles. The fraction of sp³-hybridized carbons (Fsp3) is 0.250. The van der Waals surface area contributed by atoms with Gasteiger partial charge in [0.2, 0.25) is 0 Å². The molecule has 0 saturated heterocycles. The molecule has 7 nitrogen and oxygen atoms in total. The van der Waals surface area contributed by atoms with Gasteiger partial charge in [-0.15, -0.1) is 0 Å². The number of aryl methyl sites for hydroxylation is 1. The zero-order valence-corrected chi connectivity index (χ0v) is 10.6.